The van der Waals surface area contributed by atoms with Crippen LogP contribution < -0.4 is 10.3 Å². The van der Waals surface area contributed by atoms with E-state index in [2.05, 4.69) is 13.0 Å². The Morgan fingerprint density at radius 2 is 1.61 bits per heavy atom. The lowest BCUT2D eigenvalue weighted by atomic mass is 10.1. The third-order valence-electron chi connectivity index (χ3n) is 4.73. The van der Waals surface area contributed by atoms with Gasteiger partial charge in [-0.25, -0.2) is 4.98 Å². The summed E-state index contributed by atoms with van der Waals surface area (Å²) in [7, 11) is 1.62. The Labute approximate surface area is 163 Å². The van der Waals surface area contributed by atoms with Gasteiger partial charge in [-0.05, 0) is 60.5 Å². The van der Waals surface area contributed by atoms with Crippen molar-refractivity contribution < 1.29 is 4.74 Å². The molecule has 0 radical (unpaired) electrons. The molecule has 4 rings (SSSR count). The second-order valence-corrected chi connectivity index (χ2v) is 6.52. The maximum absolute atomic E-state index is 13.2. The fourth-order valence-corrected chi connectivity index (χ4v) is 3.18. The standard InChI is InChI=1S/C24H20N2O2/c1-17-7-3-4-8-18(17)11-16-23-25-22-10-6-5-9-21(22)24(27)26(23)19-12-14-20(28-2)15-13-19/h3-16H,1-2H3/b16-11+. The van der Waals surface area contributed by atoms with E-state index in [1.807, 2.05) is 72.8 Å². The van der Waals surface area contributed by atoms with Crippen LogP contribution in [0.2, 0.25) is 0 Å². The Hall–Kier alpha value is -3.66. The van der Waals surface area contributed by atoms with Crippen molar-refractivity contribution >= 4 is 23.1 Å². The number of fused-ring (bicyclic) bond motifs is 1. The first-order valence-corrected chi connectivity index (χ1v) is 9.07. The van der Waals surface area contributed by atoms with Gasteiger partial charge in [-0.2, -0.15) is 0 Å². The average Bonchev–Trinajstić information content (AvgIpc) is 2.73. The van der Waals surface area contributed by atoms with Crippen molar-refractivity contribution in [3.05, 3.63) is 100 Å². The lowest BCUT2D eigenvalue weighted by Gasteiger charge is -2.12. The molecule has 4 heteroatoms. The number of aromatic nitrogens is 2. The minimum absolute atomic E-state index is 0.0970. The van der Waals surface area contributed by atoms with E-state index in [4.69, 9.17) is 9.72 Å². The molecule has 0 saturated heterocycles. The van der Waals surface area contributed by atoms with Crippen molar-refractivity contribution in [1.29, 1.82) is 0 Å². The molecule has 0 N–H and O–H groups in total. The predicted molar refractivity (Wildman–Crippen MR) is 114 cm³/mol. The van der Waals surface area contributed by atoms with Crippen LogP contribution in [0.3, 0.4) is 0 Å². The lowest BCUT2D eigenvalue weighted by Crippen LogP contribution is -2.22. The van der Waals surface area contributed by atoms with E-state index in [0.29, 0.717) is 16.7 Å². The number of hydrogen-bond acceptors (Lipinski definition) is 3. The van der Waals surface area contributed by atoms with Crippen LogP contribution >= 0.6 is 0 Å². The summed E-state index contributed by atoms with van der Waals surface area (Å²) in [6.07, 6.45) is 3.88. The van der Waals surface area contributed by atoms with Crippen LogP contribution in [0.25, 0.3) is 28.7 Å². The molecule has 28 heavy (non-hydrogen) atoms. The van der Waals surface area contributed by atoms with Crippen molar-refractivity contribution in [3.8, 4) is 11.4 Å². The van der Waals surface area contributed by atoms with Crippen molar-refractivity contribution in [2.75, 3.05) is 7.11 Å². The predicted octanol–water partition coefficient (Wildman–Crippen LogP) is 4.87. The molecule has 0 aliphatic rings. The van der Waals surface area contributed by atoms with Gasteiger partial charge in [0.05, 0.1) is 23.7 Å². The zero-order valence-corrected chi connectivity index (χ0v) is 15.8. The molecule has 138 valence electrons. The van der Waals surface area contributed by atoms with Crippen molar-refractivity contribution in [2.45, 2.75) is 6.92 Å². The maximum atomic E-state index is 13.2. The van der Waals surface area contributed by atoms with E-state index in [0.717, 1.165) is 22.6 Å². The van der Waals surface area contributed by atoms with Crippen molar-refractivity contribution in [2.24, 2.45) is 0 Å². The Kier molecular flexibility index (Phi) is 4.77. The third-order valence-corrected chi connectivity index (χ3v) is 4.73. The molecule has 0 atom stereocenters. The summed E-state index contributed by atoms with van der Waals surface area (Å²) in [6.45, 7) is 2.06. The molecule has 4 aromatic rings. The summed E-state index contributed by atoms with van der Waals surface area (Å²) in [6, 6.07) is 22.9. The van der Waals surface area contributed by atoms with Gasteiger partial charge in [0, 0.05) is 0 Å². The smallest absolute Gasteiger partial charge is 0.266 e. The van der Waals surface area contributed by atoms with E-state index in [1.54, 1.807) is 17.7 Å². The molecule has 0 aliphatic carbocycles. The second-order valence-electron chi connectivity index (χ2n) is 6.52. The highest BCUT2D eigenvalue weighted by molar-refractivity contribution is 5.80. The Balaban J connectivity index is 1.93. The number of ether oxygens (including phenoxy) is 1. The van der Waals surface area contributed by atoms with E-state index in [1.165, 1.54) is 0 Å². The number of aryl methyl sites for hydroxylation is 1. The Morgan fingerprint density at radius 1 is 0.893 bits per heavy atom. The topological polar surface area (TPSA) is 44.1 Å². The third kappa shape index (κ3) is 3.32. The minimum Gasteiger partial charge on any atom is -0.497 e. The molecule has 0 unspecified atom stereocenters. The van der Waals surface area contributed by atoms with Crippen LogP contribution in [-0.4, -0.2) is 16.7 Å². The van der Waals surface area contributed by atoms with Crippen LogP contribution in [-0.2, 0) is 0 Å². The summed E-state index contributed by atoms with van der Waals surface area (Å²) in [5, 5.41) is 0.589. The van der Waals surface area contributed by atoms with Gasteiger partial charge in [-0.1, -0.05) is 42.5 Å². The number of para-hydroxylation sites is 1. The van der Waals surface area contributed by atoms with Gasteiger partial charge in [-0.3, -0.25) is 9.36 Å². The van der Waals surface area contributed by atoms with E-state index >= 15 is 0 Å². The maximum Gasteiger partial charge on any atom is 0.266 e. The molecule has 3 aromatic carbocycles. The van der Waals surface area contributed by atoms with Gasteiger partial charge in [0.1, 0.15) is 11.6 Å². The van der Waals surface area contributed by atoms with Gasteiger partial charge < -0.3 is 4.74 Å². The molecular formula is C24H20N2O2. The Morgan fingerprint density at radius 3 is 2.36 bits per heavy atom. The minimum atomic E-state index is -0.0970. The number of benzene rings is 3. The molecule has 0 aliphatic heterocycles. The first-order valence-electron chi connectivity index (χ1n) is 9.07. The van der Waals surface area contributed by atoms with E-state index in [-0.39, 0.29) is 5.56 Å². The van der Waals surface area contributed by atoms with Gasteiger partial charge in [0.15, 0.2) is 0 Å². The summed E-state index contributed by atoms with van der Waals surface area (Å²) in [5.74, 6) is 1.32. The zero-order chi connectivity index (χ0) is 19.5. The number of rotatable bonds is 4. The molecule has 1 heterocycles. The highest BCUT2D eigenvalue weighted by Gasteiger charge is 2.11. The lowest BCUT2D eigenvalue weighted by molar-refractivity contribution is 0.414. The molecule has 0 fully saturated rings. The molecular weight excluding hydrogens is 348 g/mol. The van der Waals surface area contributed by atoms with E-state index < -0.39 is 0 Å². The first-order chi connectivity index (χ1) is 13.7. The molecule has 0 bridgehead atoms. The normalized spacial score (nSPS) is 11.2. The van der Waals surface area contributed by atoms with Crippen LogP contribution in [0, 0.1) is 6.92 Å². The fraction of sp³-hybridized carbons (Fsp3) is 0.0833. The summed E-state index contributed by atoms with van der Waals surface area (Å²) in [4.78, 5) is 18.0. The zero-order valence-electron chi connectivity index (χ0n) is 15.8. The Bertz CT molecular complexity index is 1220. The largest absolute Gasteiger partial charge is 0.497 e. The van der Waals surface area contributed by atoms with Crippen molar-refractivity contribution in [3.63, 3.8) is 0 Å². The number of methoxy groups -OCH3 is 1. The first kappa shape index (κ1) is 17.7. The summed E-state index contributed by atoms with van der Waals surface area (Å²) in [5.41, 5.74) is 3.58. The summed E-state index contributed by atoms with van der Waals surface area (Å²) >= 11 is 0. The van der Waals surface area contributed by atoms with Crippen LogP contribution in [0.1, 0.15) is 17.0 Å². The quantitative estimate of drug-likeness (QED) is 0.516. The van der Waals surface area contributed by atoms with Gasteiger partial charge in [0.2, 0.25) is 0 Å². The highest BCUT2D eigenvalue weighted by atomic mass is 16.5. The molecule has 4 nitrogen and oxygen atoms in total. The van der Waals surface area contributed by atoms with Crippen LogP contribution in [0.4, 0.5) is 0 Å². The average molecular weight is 368 g/mol. The van der Waals surface area contributed by atoms with Gasteiger partial charge >= 0.3 is 0 Å². The molecule has 0 spiro atoms. The van der Waals surface area contributed by atoms with Gasteiger partial charge in [-0.15, -0.1) is 0 Å². The fourth-order valence-electron chi connectivity index (χ4n) is 3.18. The van der Waals surface area contributed by atoms with Gasteiger partial charge in [0.25, 0.3) is 5.56 Å². The van der Waals surface area contributed by atoms with Crippen LogP contribution in [0.5, 0.6) is 5.75 Å². The highest BCUT2D eigenvalue weighted by Crippen LogP contribution is 2.19. The van der Waals surface area contributed by atoms with Crippen molar-refractivity contribution in [1.82, 2.24) is 9.55 Å². The monoisotopic (exact) mass is 368 g/mol. The van der Waals surface area contributed by atoms with E-state index in [9.17, 15) is 4.79 Å². The molecule has 0 saturated carbocycles. The molecule has 1 aromatic heterocycles. The summed E-state index contributed by atoms with van der Waals surface area (Å²) < 4.78 is 6.87. The molecule has 0 amide bonds. The number of nitrogens with zero attached hydrogens (tertiary/aromatic N) is 2. The van der Waals surface area contributed by atoms with Crippen LogP contribution in [0.15, 0.2) is 77.6 Å². The SMILES string of the molecule is COc1ccc(-n2c(/C=C/c3ccccc3C)nc3ccccc3c2=O)cc1. The number of hydrogen-bond donors (Lipinski definition) is 0. The second kappa shape index (κ2) is 7.53.